The lowest BCUT2D eigenvalue weighted by molar-refractivity contribution is -0.122. The molecule has 31 heavy (non-hydrogen) atoms. The van der Waals surface area contributed by atoms with Crippen LogP contribution in [0.2, 0.25) is 0 Å². The molecule has 1 saturated heterocycles. The first-order chi connectivity index (χ1) is 14.7. The number of hydrogen-bond donors (Lipinski definition) is 1. The molecular weight excluding hydrogens is 418 g/mol. The second kappa shape index (κ2) is 8.22. The van der Waals surface area contributed by atoms with Crippen LogP contribution in [0.15, 0.2) is 42.5 Å². The minimum absolute atomic E-state index is 0.128. The van der Waals surface area contributed by atoms with Gasteiger partial charge in [-0.05, 0) is 49.6 Å². The zero-order valence-electron chi connectivity index (χ0n) is 17.5. The number of rotatable bonds is 4. The van der Waals surface area contributed by atoms with Gasteiger partial charge in [0, 0.05) is 13.1 Å². The summed E-state index contributed by atoms with van der Waals surface area (Å²) in [5, 5.41) is 2.77. The molecule has 2 heterocycles. The Morgan fingerprint density at radius 2 is 1.81 bits per heavy atom. The van der Waals surface area contributed by atoms with Crippen molar-refractivity contribution in [3.63, 3.8) is 0 Å². The number of nitrogens with zero attached hydrogens (tertiary/aromatic N) is 2. The van der Waals surface area contributed by atoms with Crippen molar-refractivity contribution in [3.05, 3.63) is 53.6 Å². The Balaban J connectivity index is 1.58. The summed E-state index contributed by atoms with van der Waals surface area (Å²) in [7, 11) is -3.62. The smallest absolute Gasteiger partial charge is 0.267 e. The molecule has 2 aliphatic heterocycles. The molecule has 2 aromatic rings. The van der Waals surface area contributed by atoms with Crippen molar-refractivity contribution in [2.45, 2.75) is 25.9 Å². The Morgan fingerprint density at radius 1 is 1.10 bits per heavy atom. The van der Waals surface area contributed by atoms with E-state index in [1.807, 2.05) is 6.92 Å². The second-order valence-corrected chi connectivity index (χ2v) is 9.81. The summed E-state index contributed by atoms with van der Waals surface area (Å²) in [6.07, 6.45) is 1.98. The Labute approximate surface area is 181 Å². The van der Waals surface area contributed by atoms with Crippen LogP contribution in [0, 0.1) is 6.92 Å². The third kappa shape index (κ3) is 4.36. The fourth-order valence-corrected chi connectivity index (χ4v) is 4.80. The Bertz CT molecular complexity index is 1130. The van der Waals surface area contributed by atoms with Crippen molar-refractivity contribution in [1.82, 2.24) is 4.90 Å². The normalized spacial score (nSPS) is 18.3. The quantitative estimate of drug-likeness (QED) is 0.783. The number of para-hydroxylation sites is 1. The van der Waals surface area contributed by atoms with E-state index >= 15 is 0 Å². The highest BCUT2D eigenvalue weighted by Gasteiger charge is 2.35. The zero-order chi connectivity index (χ0) is 22.2. The topological polar surface area (TPSA) is 96.0 Å². The molecule has 164 valence electrons. The molecule has 2 amide bonds. The number of ether oxygens (including phenoxy) is 1. The van der Waals surface area contributed by atoms with Crippen LogP contribution in [0.25, 0.3) is 0 Å². The number of likely N-dealkylation sites (tertiary alicyclic amines) is 1. The molecule has 0 unspecified atom stereocenters. The van der Waals surface area contributed by atoms with Gasteiger partial charge in [-0.3, -0.25) is 13.9 Å². The number of anilines is 2. The second-order valence-electron chi connectivity index (χ2n) is 7.91. The van der Waals surface area contributed by atoms with E-state index in [2.05, 4.69) is 5.32 Å². The van der Waals surface area contributed by atoms with Crippen LogP contribution in [0.1, 0.15) is 28.8 Å². The monoisotopic (exact) mass is 443 g/mol. The van der Waals surface area contributed by atoms with Crippen LogP contribution in [0.4, 0.5) is 11.4 Å². The molecule has 0 aliphatic carbocycles. The predicted molar refractivity (Wildman–Crippen MR) is 118 cm³/mol. The van der Waals surface area contributed by atoms with Gasteiger partial charge in [-0.15, -0.1) is 0 Å². The minimum Gasteiger partial charge on any atom is -0.476 e. The molecule has 2 aromatic carbocycles. The number of sulfonamides is 1. The molecule has 1 fully saturated rings. The first-order valence-corrected chi connectivity index (χ1v) is 12.0. The lowest BCUT2D eigenvalue weighted by Gasteiger charge is -2.34. The SMILES string of the molecule is Cc1ccc2c(c1)N(S(C)(=O)=O)C[C@H](C(=O)Nc1ccccc1C(=O)N1CCCC1)O2. The van der Waals surface area contributed by atoms with Crippen molar-refractivity contribution < 1.29 is 22.7 Å². The van der Waals surface area contributed by atoms with Gasteiger partial charge in [0.25, 0.3) is 11.8 Å². The summed E-state index contributed by atoms with van der Waals surface area (Å²) < 4.78 is 31.7. The molecule has 1 N–H and O–H groups in total. The standard InChI is InChI=1S/C22H25N3O5S/c1-15-9-10-19-18(13-15)25(31(2,28)29)14-20(30-19)21(26)23-17-8-4-3-7-16(17)22(27)24-11-5-6-12-24/h3-4,7-10,13,20H,5-6,11-12,14H2,1-2H3,(H,23,26)/t20-/m1/s1. The first-order valence-electron chi connectivity index (χ1n) is 10.2. The van der Waals surface area contributed by atoms with Crippen molar-refractivity contribution >= 4 is 33.2 Å². The number of nitrogens with one attached hydrogen (secondary N) is 1. The van der Waals surface area contributed by atoms with Crippen LogP contribution < -0.4 is 14.4 Å². The van der Waals surface area contributed by atoms with E-state index in [9.17, 15) is 18.0 Å². The van der Waals surface area contributed by atoms with Gasteiger partial charge >= 0.3 is 0 Å². The fourth-order valence-electron chi connectivity index (χ4n) is 3.89. The van der Waals surface area contributed by atoms with E-state index in [4.69, 9.17) is 4.74 Å². The van der Waals surface area contributed by atoms with E-state index in [1.165, 1.54) is 4.31 Å². The summed E-state index contributed by atoms with van der Waals surface area (Å²) >= 11 is 0. The number of amides is 2. The molecular formula is C22H25N3O5S. The molecule has 0 spiro atoms. The summed E-state index contributed by atoms with van der Waals surface area (Å²) in [5.41, 5.74) is 2.09. The average Bonchev–Trinajstić information content (AvgIpc) is 3.27. The van der Waals surface area contributed by atoms with Crippen molar-refractivity contribution in [1.29, 1.82) is 0 Å². The van der Waals surface area contributed by atoms with Gasteiger partial charge in [-0.1, -0.05) is 18.2 Å². The number of carbonyl (C=O) groups excluding carboxylic acids is 2. The third-order valence-electron chi connectivity index (χ3n) is 5.49. The highest BCUT2D eigenvalue weighted by Crippen LogP contribution is 2.36. The van der Waals surface area contributed by atoms with Gasteiger partial charge < -0.3 is 15.0 Å². The molecule has 0 aromatic heterocycles. The maximum atomic E-state index is 13.0. The minimum atomic E-state index is -3.62. The molecule has 0 saturated carbocycles. The Morgan fingerprint density at radius 3 is 2.52 bits per heavy atom. The highest BCUT2D eigenvalue weighted by molar-refractivity contribution is 7.92. The first kappa shape index (κ1) is 21.2. The highest BCUT2D eigenvalue weighted by atomic mass is 32.2. The molecule has 4 rings (SSSR count). The van der Waals surface area contributed by atoms with E-state index in [0.29, 0.717) is 35.8 Å². The Hall–Kier alpha value is -3.07. The van der Waals surface area contributed by atoms with Gasteiger partial charge in [0.05, 0.1) is 29.7 Å². The van der Waals surface area contributed by atoms with Crippen LogP contribution in [-0.2, 0) is 14.8 Å². The average molecular weight is 444 g/mol. The molecule has 0 radical (unpaired) electrons. The lowest BCUT2D eigenvalue weighted by Crippen LogP contribution is -2.48. The summed E-state index contributed by atoms with van der Waals surface area (Å²) in [6.45, 7) is 3.11. The van der Waals surface area contributed by atoms with Crippen LogP contribution in [-0.4, -0.2) is 57.1 Å². The lowest BCUT2D eigenvalue weighted by atomic mass is 10.1. The van der Waals surface area contributed by atoms with Crippen molar-refractivity contribution in [2.75, 3.05) is 35.5 Å². The van der Waals surface area contributed by atoms with Gasteiger partial charge in [0.15, 0.2) is 6.10 Å². The van der Waals surface area contributed by atoms with E-state index in [1.54, 1.807) is 47.4 Å². The summed E-state index contributed by atoms with van der Waals surface area (Å²) in [5.74, 6) is -0.318. The summed E-state index contributed by atoms with van der Waals surface area (Å²) in [4.78, 5) is 27.7. The molecule has 2 aliphatic rings. The van der Waals surface area contributed by atoms with E-state index in [0.717, 1.165) is 24.7 Å². The Kier molecular flexibility index (Phi) is 5.62. The van der Waals surface area contributed by atoms with Crippen LogP contribution in [0.3, 0.4) is 0 Å². The predicted octanol–water partition coefficient (Wildman–Crippen LogP) is 2.40. The van der Waals surface area contributed by atoms with Gasteiger partial charge in [0.2, 0.25) is 10.0 Å². The maximum Gasteiger partial charge on any atom is 0.267 e. The van der Waals surface area contributed by atoms with Crippen LogP contribution in [0.5, 0.6) is 5.75 Å². The number of aryl methyl sites for hydroxylation is 1. The van der Waals surface area contributed by atoms with Gasteiger partial charge in [0.1, 0.15) is 5.75 Å². The van der Waals surface area contributed by atoms with Crippen molar-refractivity contribution in [3.8, 4) is 5.75 Å². The number of hydrogen-bond acceptors (Lipinski definition) is 5. The molecule has 0 bridgehead atoms. The third-order valence-corrected chi connectivity index (χ3v) is 6.63. The maximum absolute atomic E-state index is 13.0. The summed E-state index contributed by atoms with van der Waals surface area (Å²) in [6, 6.07) is 12.0. The number of carbonyl (C=O) groups is 2. The van der Waals surface area contributed by atoms with E-state index < -0.39 is 22.0 Å². The van der Waals surface area contributed by atoms with Crippen molar-refractivity contribution in [2.24, 2.45) is 0 Å². The zero-order valence-corrected chi connectivity index (χ0v) is 18.3. The molecule has 8 nitrogen and oxygen atoms in total. The molecule has 1 atom stereocenters. The van der Waals surface area contributed by atoms with Crippen LogP contribution >= 0.6 is 0 Å². The number of fused-ring (bicyclic) bond motifs is 1. The van der Waals surface area contributed by atoms with Gasteiger partial charge in [-0.2, -0.15) is 0 Å². The fraction of sp³-hybridized carbons (Fsp3) is 0.364. The van der Waals surface area contributed by atoms with E-state index in [-0.39, 0.29) is 12.5 Å². The van der Waals surface area contributed by atoms with Gasteiger partial charge in [-0.25, -0.2) is 8.42 Å². The molecule has 9 heteroatoms. The largest absolute Gasteiger partial charge is 0.476 e. The number of benzene rings is 2.